The number of rotatable bonds is 5. The van der Waals surface area contributed by atoms with Crippen molar-refractivity contribution >= 4 is 34.9 Å². The Balaban J connectivity index is 1.71. The highest BCUT2D eigenvalue weighted by Crippen LogP contribution is 2.29. The Morgan fingerprint density at radius 1 is 1.16 bits per heavy atom. The van der Waals surface area contributed by atoms with Gasteiger partial charge in [-0.2, -0.15) is 0 Å². The van der Waals surface area contributed by atoms with Crippen molar-refractivity contribution < 1.29 is 14.2 Å². The zero-order valence-corrected chi connectivity index (χ0v) is 14.6. The van der Waals surface area contributed by atoms with Crippen molar-refractivity contribution in [1.29, 1.82) is 0 Å². The molecule has 1 N–H and O–H groups in total. The molecule has 0 spiro atoms. The summed E-state index contributed by atoms with van der Waals surface area (Å²) in [5.41, 5.74) is 1.21. The number of anilines is 1. The lowest BCUT2D eigenvalue weighted by Crippen LogP contribution is -2.30. The highest BCUT2D eigenvalue weighted by atomic mass is 35.5. The fourth-order valence-electron chi connectivity index (χ4n) is 2.09. The number of aromatic nitrogens is 2. The van der Waals surface area contributed by atoms with E-state index in [9.17, 15) is 4.79 Å². The molecule has 6 nitrogen and oxygen atoms in total. The molecular weight excluding hydrogens is 365 g/mol. The zero-order chi connectivity index (χ0) is 17.8. The van der Waals surface area contributed by atoms with Gasteiger partial charge in [-0.25, -0.2) is 4.63 Å². The molecule has 0 bridgehead atoms. The number of carbonyl (C=O) groups is 1. The van der Waals surface area contributed by atoms with Gasteiger partial charge >= 0.3 is 0 Å². The number of halogens is 2. The monoisotopic (exact) mass is 377 g/mol. The molecule has 25 heavy (non-hydrogen) atoms. The van der Waals surface area contributed by atoms with Crippen LogP contribution in [0.5, 0.6) is 5.75 Å². The molecule has 1 amide bonds. The molecule has 2 aromatic carbocycles. The fourth-order valence-corrected chi connectivity index (χ4v) is 2.54. The summed E-state index contributed by atoms with van der Waals surface area (Å²) in [5.74, 6) is 0.156. The molecule has 1 aromatic heterocycles. The van der Waals surface area contributed by atoms with Crippen LogP contribution in [0, 0.1) is 0 Å². The van der Waals surface area contributed by atoms with Gasteiger partial charge in [-0.05, 0) is 35.4 Å². The van der Waals surface area contributed by atoms with E-state index in [-0.39, 0.29) is 5.82 Å². The van der Waals surface area contributed by atoms with E-state index in [2.05, 4.69) is 15.6 Å². The summed E-state index contributed by atoms with van der Waals surface area (Å²) >= 11 is 11.9. The van der Waals surface area contributed by atoms with E-state index in [1.165, 1.54) is 6.07 Å². The summed E-state index contributed by atoms with van der Waals surface area (Å²) < 4.78 is 10.3. The minimum absolute atomic E-state index is 0.217. The lowest BCUT2D eigenvalue weighted by molar-refractivity contribution is -0.122. The van der Waals surface area contributed by atoms with Crippen LogP contribution in [-0.4, -0.2) is 22.3 Å². The Morgan fingerprint density at radius 3 is 2.64 bits per heavy atom. The first-order chi connectivity index (χ1) is 12.0. The fraction of sp³-hybridized carbons (Fsp3) is 0.118. The van der Waals surface area contributed by atoms with Crippen molar-refractivity contribution in [3.8, 4) is 17.0 Å². The summed E-state index contributed by atoms with van der Waals surface area (Å²) in [6, 6.07) is 14.0. The number of amides is 1. The third-order valence-corrected chi connectivity index (χ3v) is 3.87. The third-order valence-electron chi connectivity index (χ3n) is 3.34. The topological polar surface area (TPSA) is 77.2 Å². The SMILES string of the molecule is C[C@@H](Oc1ccc(Cl)cc1Cl)C(=O)Nc1nonc1-c1ccccc1. The minimum Gasteiger partial charge on any atom is -0.479 e. The molecule has 0 aliphatic rings. The van der Waals surface area contributed by atoms with Gasteiger partial charge in [0, 0.05) is 10.6 Å². The van der Waals surface area contributed by atoms with Gasteiger partial charge in [-0.1, -0.05) is 53.5 Å². The first-order valence-corrected chi connectivity index (χ1v) is 8.10. The van der Waals surface area contributed by atoms with Crippen LogP contribution in [-0.2, 0) is 4.79 Å². The molecule has 3 rings (SSSR count). The largest absolute Gasteiger partial charge is 0.479 e. The van der Waals surface area contributed by atoms with Crippen LogP contribution in [0.3, 0.4) is 0 Å². The van der Waals surface area contributed by atoms with E-state index < -0.39 is 12.0 Å². The van der Waals surface area contributed by atoms with Gasteiger partial charge in [0.05, 0.1) is 5.02 Å². The van der Waals surface area contributed by atoms with Crippen molar-refractivity contribution in [3.63, 3.8) is 0 Å². The second kappa shape index (κ2) is 7.55. The minimum atomic E-state index is -0.820. The molecule has 128 valence electrons. The van der Waals surface area contributed by atoms with Crippen LogP contribution in [0.4, 0.5) is 5.82 Å². The van der Waals surface area contributed by atoms with Gasteiger partial charge in [0.1, 0.15) is 5.75 Å². The second-order valence-corrected chi connectivity index (χ2v) is 6.00. The van der Waals surface area contributed by atoms with Crippen LogP contribution in [0.15, 0.2) is 53.2 Å². The summed E-state index contributed by atoms with van der Waals surface area (Å²) in [7, 11) is 0. The molecule has 0 saturated carbocycles. The molecule has 1 heterocycles. The number of benzene rings is 2. The van der Waals surface area contributed by atoms with Crippen LogP contribution in [0.1, 0.15) is 6.92 Å². The van der Waals surface area contributed by atoms with Crippen LogP contribution >= 0.6 is 23.2 Å². The lowest BCUT2D eigenvalue weighted by Gasteiger charge is -2.15. The van der Waals surface area contributed by atoms with Gasteiger partial charge in [-0.15, -0.1) is 0 Å². The quantitative estimate of drug-likeness (QED) is 0.710. The Kier molecular flexibility index (Phi) is 5.21. The number of hydrogen-bond donors (Lipinski definition) is 1. The average molecular weight is 378 g/mol. The maximum Gasteiger partial charge on any atom is 0.266 e. The van der Waals surface area contributed by atoms with Gasteiger partial charge in [0.2, 0.25) is 5.82 Å². The second-order valence-electron chi connectivity index (χ2n) is 5.15. The summed E-state index contributed by atoms with van der Waals surface area (Å²) in [6.07, 6.45) is -0.820. The number of carbonyl (C=O) groups excluding carboxylic acids is 1. The molecule has 0 unspecified atom stereocenters. The van der Waals surface area contributed by atoms with Gasteiger partial charge in [-0.3, -0.25) is 4.79 Å². The van der Waals surface area contributed by atoms with Gasteiger partial charge in [0.15, 0.2) is 11.8 Å². The molecular formula is C17H13Cl2N3O3. The summed E-state index contributed by atoms with van der Waals surface area (Å²) in [5, 5.41) is 11.0. The van der Waals surface area contributed by atoms with E-state index in [1.54, 1.807) is 19.1 Å². The van der Waals surface area contributed by atoms with Crippen molar-refractivity contribution in [2.24, 2.45) is 0 Å². The number of nitrogens with zero attached hydrogens (tertiary/aromatic N) is 2. The molecule has 0 saturated heterocycles. The molecule has 3 aromatic rings. The highest BCUT2D eigenvalue weighted by molar-refractivity contribution is 6.35. The number of hydrogen-bond acceptors (Lipinski definition) is 5. The van der Waals surface area contributed by atoms with Crippen LogP contribution in [0.25, 0.3) is 11.3 Å². The highest BCUT2D eigenvalue weighted by Gasteiger charge is 2.21. The molecule has 0 radical (unpaired) electrons. The maximum absolute atomic E-state index is 12.4. The normalized spacial score (nSPS) is 11.8. The van der Waals surface area contributed by atoms with Gasteiger partial charge in [0.25, 0.3) is 5.91 Å². The summed E-state index contributed by atoms with van der Waals surface area (Å²) in [6.45, 7) is 1.59. The number of nitrogens with one attached hydrogen (secondary N) is 1. The smallest absolute Gasteiger partial charge is 0.266 e. The predicted octanol–water partition coefficient (Wildman–Crippen LogP) is 4.45. The van der Waals surface area contributed by atoms with Crippen molar-refractivity contribution in [1.82, 2.24) is 10.3 Å². The van der Waals surface area contributed by atoms with Crippen LogP contribution in [0.2, 0.25) is 10.0 Å². The van der Waals surface area contributed by atoms with E-state index in [1.807, 2.05) is 30.3 Å². The maximum atomic E-state index is 12.4. The van der Waals surface area contributed by atoms with E-state index >= 15 is 0 Å². The van der Waals surface area contributed by atoms with Crippen molar-refractivity contribution in [3.05, 3.63) is 58.6 Å². The summed E-state index contributed by atoms with van der Waals surface area (Å²) in [4.78, 5) is 12.4. The van der Waals surface area contributed by atoms with Crippen LogP contribution < -0.4 is 10.1 Å². The van der Waals surface area contributed by atoms with E-state index in [0.717, 1.165) is 5.56 Å². The molecule has 0 aliphatic heterocycles. The van der Waals surface area contributed by atoms with Gasteiger partial charge < -0.3 is 10.1 Å². The Hall–Kier alpha value is -2.57. The zero-order valence-electron chi connectivity index (χ0n) is 13.1. The average Bonchev–Trinajstić information content (AvgIpc) is 3.06. The number of ether oxygens (including phenoxy) is 1. The first-order valence-electron chi connectivity index (χ1n) is 7.35. The third kappa shape index (κ3) is 4.10. The van der Waals surface area contributed by atoms with E-state index in [0.29, 0.717) is 21.5 Å². The molecule has 8 heteroatoms. The molecule has 0 aliphatic carbocycles. The standard InChI is InChI=1S/C17H13Cl2N3O3/c1-10(24-14-8-7-12(18)9-13(14)19)17(23)20-16-15(21-25-22-16)11-5-3-2-4-6-11/h2-10H,1H3,(H,20,22,23)/t10-/m1/s1. The Labute approximate surface area is 153 Å². The van der Waals surface area contributed by atoms with Crippen molar-refractivity contribution in [2.45, 2.75) is 13.0 Å². The van der Waals surface area contributed by atoms with Crippen molar-refractivity contribution in [2.75, 3.05) is 5.32 Å². The molecule has 0 fully saturated rings. The molecule has 1 atom stereocenters. The van der Waals surface area contributed by atoms with E-state index in [4.69, 9.17) is 32.6 Å². The Morgan fingerprint density at radius 2 is 1.92 bits per heavy atom. The Bertz CT molecular complexity index is 884. The predicted molar refractivity (Wildman–Crippen MR) is 94.9 cm³/mol. The first kappa shape index (κ1) is 17.3. The lowest BCUT2D eigenvalue weighted by atomic mass is 10.1.